The minimum atomic E-state index is -3.81. The molecule has 0 spiro atoms. The third-order valence-electron chi connectivity index (χ3n) is 7.77. The maximum absolute atomic E-state index is 15.2. The molecule has 3 aromatic carbocycles. The molecular weight excluding hydrogens is 610 g/mol. The molecule has 5 rings (SSSR count). The smallest absolute Gasteiger partial charge is 0.243 e. The Morgan fingerprint density at radius 1 is 0.956 bits per heavy atom. The van der Waals surface area contributed by atoms with E-state index in [2.05, 4.69) is 15.6 Å². The number of hydrogen-bond acceptors (Lipinski definition) is 6. The molecule has 0 aliphatic carbocycles. The molecule has 0 radical (unpaired) electrons. The molecule has 13 heteroatoms. The summed E-state index contributed by atoms with van der Waals surface area (Å²) < 4.78 is 85.4. The molecule has 236 valence electrons. The molecule has 1 aromatic heterocycles. The largest absolute Gasteiger partial charge is 0.323 e. The molecule has 4 aromatic rings. The molecule has 3 atom stereocenters. The van der Waals surface area contributed by atoms with Gasteiger partial charge in [0.15, 0.2) is 0 Å². The van der Waals surface area contributed by atoms with Gasteiger partial charge in [-0.1, -0.05) is 30.3 Å². The van der Waals surface area contributed by atoms with Crippen LogP contribution in [0.1, 0.15) is 29.0 Å². The van der Waals surface area contributed by atoms with E-state index < -0.39 is 57.2 Å². The van der Waals surface area contributed by atoms with Gasteiger partial charge in [0, 0.05) is 43.2 Å². The van der Waals surface area contributed by atoms with Crippen LogP contribution in [0, 0.1) is 23.3 Å². The van der Waals surface area contributed by atoms with Gasteiger partial charge in [0.2, 0.25) is 15.9 Å². The summed E-state index contributed by atoms with van der Waals surface area (Å²) in [4.78, 5) is 17.5. The van der Waals surface area contributed by atoms with Crippen LogP contribution in [-0.2, 0) is 21.2 Å². The van der Waals surface area contributed by atoms with Gasteiger partial charge in [0.05, 0.1) is 29.0 Å². The third-order valence-corrected chi connectivity index (χ3v) is 9.74. The van der Waals surface area contributed by atoms with Gasteiger partial charge in [-0.15, -0.1) is 0 Å². The first-order valence-electron chi connectivity index (χ1n) is 14.2. The predicted molar refractivity (Wildman–Crippen MR) is 161 cm³/mol. The monoisotopic (exact) mass is 641 g/mol. The topological polar surface area (TPSA) is 117 Å². The second kappa shape index (κ2) is 13.9. The van der Waals surface area contributed by atoms with Crippen molar-refractivity contribution >= 4 is 21.6 Å². The number of halogens is 4. The summed E-state index contributed by atoms with van der Waals surface area (Å²) in [7, 11) is -3.81. The number of anilines is 1. The van der Waals surface area contributed by atoms with Crippen molar-refractivity contribution in [3.63, 3.8) is 0 Å². The van der Waals surface area contributed by atoms with Crippen LogP contribution in [0.25, 0.3) is 0 Å². The Morgan fingerprint density at radius 2 is 1.64 bits per heavy atom. The zero-order chi connectivity index (χ0) is 32.1. The average Bonchev–Trinajstić information content (AvgIpc) is 3.02. The number of pyridine rings is 1. The summed E-state index contributed by atoms with van der Waals surface area (Å²) in [5.74, 6) is -4.95. The van der Waals surface area contributed by atoms with Crippen LogP contribution < -0.4 is 16.4 Å². The highest BCUT2D eigenvalue weighted by Gasteiger charge is 2.34. The SMILES string of the molecule is NC(C(=O)Nc1cncc(F)c1CC[C@H]1CNCCN1S(=O)(=O)c1ccccc1)C(c1ccc(F)cc1)c1cc(F)cc(F)c1. The highest BCUT2D eigenvalue weighted by Crippen LogP contribution is 2.31. The van der Waals surface area contributed by atoms with Crippen molar-refractivity contribution in [3.05, 3.63) is 125 Å². The zero-order valence-electron chi connectivity index (χ0n) is 24.0. The number of nitrogens with zero attached hydrogens (tertiary/aromatic N) is 2. The molecular formula is C32H31F4N5O3S. The molecule has 8 nitrogen and oxygen atoms in total. The summed E-state index contributed by atoms with van der Waals surface area (Å²) >= 11 is 0. The fraction of sp³-hybridized carbons (Fsp3) is 0.250. The number of rotatable bonds is 10. The van der Waals surface area contributed by atoms with E-state index in [1.165, 1.54) is 34.8 Å². The maximum atomic E-state index is 15.2. The number of carbonyl (C=O) groups excluding carboxylic acids is 1. The number of carbonyl (C=O) groups is 1. The molecule has 0 saturated carbocycles. The first-order chi connectivity index (χ1) is 21.5. The second-order valence-electron chi connectivity index (χ2n) is 10.7. The van der Waals surface area contributed by atoms with Crippen LogP contribution >= 0.6 is 0 Å². The van der Waals surface area contributed by atoms with Crippen molar-refractivity contribution in [2.75, 3.05) is 25.0 Å². The van der Waals surface area contributed by atoms with Crippen molar-refractivity contribution in [1.82, 2.24) is 14.6 Å². The van der Waals surface area contributed by atoms with Gasteiger partial charge in [-0.2, -0.15) is 4.31 Å². The van der Waals surface area contributed by atoms with E-state index >= 15 is 4.39 Å². The molecule has 45 heavy (non-hydrogen) atoms. The Labute approximate surface area is 258 Å². The van der Waals surface area contributed by atoms with Crippen molar-refractivity contribution in [2.24, 2.45) is 5.73 Å². The van der Waals surface area contributed by atoms with Crippen molar-refractivity contribution < 1.29 is 30.8 Å². The number of nitrogens with two attached hydrogens (primary N) is 1. The van der Waals surface area contributed by atoms with Gasteiger partial charge in [-0.25, -0.2) is 26.0 Å². The van der Waals surface area contributed by atoms with Gasteiger partial charge >= 0.3 is 0 Å². The summed E-state index contributed by atoms with van der Waals surface area (Å²) in [6, 6.07) is 13.8. The Balaban J connectivity index is 1.38. The Hall–Kier alpha value is -4.17. The van der Waals surface area contributed by atoms with Crippen LogP contribution in [0.3, 0.4) is 0 Å². The van der Waals surface area contributed by atoms with Gasteiger partial charge < -0.3 is 16.4 Å². The normalized spacial score (nSPS) is 17.0. The van der Waals surface area contributed by atoms with Gasteiger partial charge in [-0.05, 0) is 60.4 Å². The van der Waals surface area contributed by atoms with Crippen LogP contribution in [0.2, 0.25) is 0 Å². The number of piperazine rings is 1. The fourth-order valence-corrected chi connectivity index (χ4v) is 7.24. The third kappa shape index (κ3) is 7.39. The number of sulfonamides is 1. The van der Waals surface area contributed by atoms with E-state index in [1.807, 2.05) is 0 Å². The lowest BCUT2D eigenvalue weighted by Gasteiger charge is -2.35. The fourth-order valence-electron chi connectivity index (χ4n) is 5.57. The van der Waals surface area contributed by atoms with Crippen LogP contribution in [-0.4, -0.2) is 55.3 Å². The van der Waals surface area contributed by atoms with Gasteiger partial charge in [0.1, 0.15) is 23.3 Å². The minimum absolute atomic E-state index is 0.0139. The number of aromatic nitrogens is 1. The molecule has 1 aliphatic rings. The number of hydrogen-bond donors (Lipinski definition) is 3. The summed E-state index contributed by atoms with van der Waals surface area (Å²) in [5.41, 5.74) is 6.84. The molecule has 1 amide bonds. The molecule has 1 saturated heterocycles. The van der Waals surface area contributed by atoms with E-state index in [1.54, 1.807) is 18.2 Å². The molecule has 2 heterocycles. The summed E-state index contributed by atoms with van der Waals surface area (Å²) in [5, 5.41) is 5.77. The van der Waals surface area contributed by atoms with E-state index in [0.29, 0.717) is 24.7 Å². The summed E-state index contributed by atoms with van der Waals surface area (Å²) in [6.45, 7) is 1.02. The van der Waals surface area contributed by atoms with Gasteiger partial charge in [-0.3, -0.25) is 9.78 Å². The number of nitrogens with one attached hydrogen (secondary N) is 2. The van der Waals surface area contributed by atoms with E-state index in [4.69, 9.17) is 5.73 Å². The highest BCUT2D eigenvalue weighted by atomic mass is 32.2. The van der Waals surface area contributed by atoms with E-state index in [9.17, 15) is 26.4 Å². The summed E-state index contributed by atoms with van der Waals surface area (Å²) in [6.07, 6.45) is 2.49. The lowest BCUT2D eigenvalue weighted by atomic mass is 9.84. The van der Waals surface area contributed by atoms with Crippen molar-refractivity contribution in [2.45, 2.75) is 35.7 Å². The van der Waals surface area contributed by atoms with Crippen molar-refractivity contribution in [1.29, 1.82) is 0 Å². The first-order valence-corrected chi connectivity index (χ1v) is 15.7. The Morgan fingerprint density at radius 3 is 2.33 bits per heavy atom. The van der Waals surface area contributed by atoms with Crippen molar-refractivity contribution in [3.8, 4) is 0 Å². The Bertz CT molecular complexity index is 1740. The molecule has 1 aliphatic heterocycles. The average molecular weight is 642 g/mol. The molecule has 2 unspecified atom stereocenters. The van der Waals surface area contributed by atoms with E-state index in [-0.39, 0.29) is 41.1 Å². The quantitative estimate of drug-likeness (QED) is 0.222. The number of benzene rings is 3. The standard InChI is InChI=1S/C32H31F4N5O3S/c33-22-8-6-20(7-9-22)30(21-14-23(34)16-24(35)15-21)31(37)32(42)40-29-19-39-18-28(36)27(29)11-10-25-17-38-12-13-41(25)45(43,44)26-4-2-1-3-5-26/h1-9,14-16,18-19,25,30-31,38H,10-13,17,37H2,(H,40,42)/t25-,30?,31?/m0/s1. The highest BCUT2D eigenvalue weighted by molar-refractivity contribution is 7.89. The Kier molecular flexibility index (Phi) is 9.93. The molecule has 4 N–H and O–H groups in total. The van der Waals surface area contributed by atoms with Crippen LogP contribution in [0.15, 0.2) is 90.1 Å². The molecule has 0 bridgehead atoms. The predicted octanol–water partition coefficient (Wildman–Crippen LogP) is 4.33. The van der Waals surface area contributed by atoms with Gasteiger partial charge in [0.25, 0.3) is 0 Å². The first kappa shape index (κ1) is 32.2. The van der Waals surface area contributed by atoms with Crippen LogP contribution in [0.5, 0.6) is 0 Å². The lowest BCUT2D eigenvalue weighted by Crippen LogP contribution is -2.53. The minimum Gasteiger partial charge on any atom is -0.323 e. The maximum Gasteiger partial charge on any atom is 0.243 e. The number of amides is 1. The second-order valence-corrected chi connectivity index (χ2v) is 12.6. The van der Waals surface area contributed by atoms with Crippen LogP contribution in [0.4, 0.5) is 23.2 Å². The molecule has 1 fully saturated rings. The lowest BCUT2D eigenvalue weighted by molar-refractivity contribution is -0.117. The van der Waals surface area contributed by atoms with E-state index in [0.717, 1.165) is 30.5 Å². The zero-order valence-corrected chi connectivity index (χ0v) is 24.8.